The second-order valence-corrected chi connectivity index (χ2v) is 4.15. The van der Waals surface area contributed by atoms with Crippen molar-refractivity contribution in [3.63, 3.8) is 0 Å². The third-order valence-corrected chi connectivity index (χ3v) is 3.18. The van der Waals surface area contributed by atoms with Gasteiger partial charge in [0, 0.05) is 5.71 Å². The predicted molar refractivity (Wildman–Crippen MR) is 61.9 cm³/mol. The van der Waals surface area contributed by atoms with Gasteiger partial charge in [0.05, 0.1) is 7.11 Å². The number of benzene rings is 1. The minimum atomic E-state index is 0.644. The highest BCUT2D eigenvalue weighted by atomic mass is 16.5. The summed E-state index contributed by atoms with van der Waals surface area (Å²) in [7, 11) is 1.69. The van der Waals surface area contributed by atoms with Crippen molar-refractivity contribution < 1.29 is 4.74 Å². The van der Waals surface area contributed by atoms with Crippen LogP contribution >= 0.6 is 0 Å². The van der Waals surface area contributed by atoms with E-state index in [1.165, 1.54) is 5.56 Å². The highest BCUT2D eigenvalue weighted by Gasteiger charge is 2.17. The maximum absolute atomic E-state index is 7.59. The Morgan fingerprint density at radius 1 is 1.13 bits per heavy atom. The summed E-state index contributed by atoms with van der Waals surface area (Å²) in [5, 5.41) is 7.59. The smallest absolute Gasteiger partial charge is 0.118 e. The van der Waals surface area contributed by atoms with Crippen molar-refractivity contribution in [1.29, 1.82) is 5.41 Å². The summed E-state index contributed by atoms with van der Waals surface area (Å²) in [4.78, 5) is 0. The first kappa shape index (κ1) is 10.2. The Morgan fingerprint density at radius 3 is 2.27 bits per heavy atom. The van der Waals surface area contributed by atoms with Crippen LogP contribution in [0, 0.1) is 5.41 Å². The fraction of sp³-hybridized carbons (Fsp3) is 0.462. The van der Waals surface area contributed by atoms with Gasteiger partial charge in [-0.2, -0.15) is 0 Å². The van der Waals surface area contributed by atoms with Gasteiger partial charge in [0.25, 0.3) is 0 Å². The number of rotatable bonds is 2. The second kappa shape index (κ2) is 4.47. The molecule has 1 aromatic rings. The van der Waals surface area contributed by atoms with Crippen molar-refractivity contribution in [1.82, 2.24) is 0 Å². The third-order valence-electron chi connectivity index (χ3n) is 3.18. The van der Waals surface area contributed by atoms with E-state index in [-0.39, 0.29) is 0 Å². The lowest BCUT2D eigenvalue weighted by Crippen LogP contribution is -2.11. The van der Waals surface area contributed by atoms with Crippen LogP contribution in [0.2, 0.25) is 0 Å². The summed E-state index contributed by atoms with van der Waals surface area (Å²) in [5.74, 6) is 1.56. The molecule has 1 fully saturated rings. The van der Waals surface area contributed by atoms with E-state index in [0.717, 1.165) is 37.1 Å². The van der Waals surface area contributed by atoms with E-state index in [9.17, 15) is 0 Å². The Balaban J connectivity index is 2.06. The van der Waals surface area contributed by atoms with Crippen LogP contribution in [-0.4, -0.2) is 12.8 Å². The summed E-state index contributed by atoms with van der Waals surface area (Å²) in [6.07, 6.45) is 4.20. The summed E-state index contributed by atoms with van der Waals surface area (Å²) in [6.45, 7) is 0. The molecule has 0 unspecified atom stereocenters. The topological polar surface area (TPSA) is 33.1 Å². The van der Waals surface area contributed by atoms with Crippen molar-refractivity contribution in [2.75, 3.05) is 7.11 Å². The average Bonchev–Trinajstić information content (AvgIpc) is 2.30. The minimum absolute atomic E-state index is 0.644. The largest absolute Gasteiger partial charge is 0.497 e. The lowest BCUT2D eigenvalue weighted by molar-refractivity contribution is 0.414. The van der Waals surface area contributed by atoms with Crippen LogP contribution in [0.4, 0.5) is 0 Å². The van der Waals surface area contributed by atoms with E-state index in [1.54, 1.807) is 7.11 Å². The van der Waals surface area contributed by atoms with Gasteiger partial charge in [-0.3, -0.25) is 0 Å². The Labute approximate surface area is 90.8 Å². The molecule has 15 heavy (non-hydrogen) atoms. The molecule has 1 aliphatic carbocycles. The highest BCUT2D eigenvalue weighted by Crippen LogP contribution is 2.31. The van der Waals surface area contributed by atoms with Crippen LogP contribution in [-0.2, 0) is 0 Å². The van der Waals surface area contributed by atoms with Gasteiger partial charge >= 0.3 is 0 Å². The van der Waals surface area contributed by atoms with Gasteiger partial charge in [-0.15, -0.1) is 0 Å². The molecule has 0 aromatic heterocycles. The van der Waals surface area contributed by atoms with Crippen molar-refractivity contribution in [2.24, 2.45) is 0 Å². The molecular weight excluding hydrogens is 186 g/mol. The first-order valence-electron chi connectivity index (χ1n) is 5.50. The molecule has 0 atom stereocenters. The molecule has 0 bridgehead atoms. The molecule has 0 amide bonds. The molecule has 0 radical (unpaired) electrons. The molecule has 1 aliphatic rings. The number of methoxy groups -OCH3 is 1. The van der Waals surface area contributed by atoms with E-state index in [1.807, 2.05) is 12.1 Å². The SMILES string of the molecule is COc1ccc(C2CCC(=N)CC2)cc1. The Morgan fingerprint density at radius 2 is 1.73 bits per heavy atom. The Bertz CT molecular complexity index is 332. The minimum Gasteiger partial charge on any atom is -0.497 e. The lowest BCUT2D eigenvalue weighted by Gasteiger charge is -2.22. The van der Waals surface area contributed by atoms with Crippen LogP contribution < -0.4 is 4.74 Å². The Kier molecular flexibility index (Phi) is 3.05. The number of nitrogens with one attached hydrogen (secondary N) is 1. The van der Waals surface area contributed by atoms with E-state index >= 15 is 0 Å². The first-order chi connectivity index (χ1) is 7.29. The van der Waals surface area contributed by atoms with E-state index in [4.69, 9.17) is 10.1 Å². The molecule has 0 spiro atoms. The molecule has 1 aromatic carbocycles. The van der Waals surface area contributed by atoms with E-state index < -0.39 is 0 Å². The number of hydrogen-bond acceptors (Lipinski definition) is 2. The van der Waals surface area contributed by atoms with Crippen LogP contribution in [0.3, 0.4) is 0 Å². The van der Waals surface area contributed by atoms with Gasteiger partial charge in [-0.25, -0.2) is 0 Å². The van der Waals surface area contributed by atoms with Gasteiger partial charge in [-0.1, -0.05) is 12.1 Å². The quantitative estimate of drug-likeness (QED) is 0.785. The second-order valence-electron chi connectivity index (χ2n) is 4.15. The number of hydrogen-bond donors (Lipinski definition) is 1. The molecule has 0 aliphatic heterocycles. The summed E-state index contributed by atoms with van der Waals surface area (Å²) < 4.78 is 5.14. The van der Waals surface area contributed by atoms with Gasteiger partial charge in [-0.05, 0) is 49.3 Å². The molecule has 80 valence electrons. The van der Waals surface area contributed by atoms with Gasteiger partial charge < -0.3 is 10.1 Å². The summed E-state index contributed by atoms with van der Waals surface area (Å²) in [6, 6.07) is 8.35. The summed E-state index contributed by atoms with van der Waals surface area (Å²) in [5.41, 5.74) is 2.31. The molecule has 2 rings (SSSR count). The predicted octanol–water partition coefficient (Wildman–Crippen LogP) is 3.37. The normalized spacial score (nSPS) is 21.4. The average molecular weight is 203 g/mol. The van der Waals surface area contributed by atoms with Crippen molar-refractivity contribution in [3.8, 4) is 5.75 Å². The highest BCUT2D eigenvalue weighted by molar-refractivity contribution is 5.82. The van der Waals surface area contributed by atoms with Crippen molar-refractivity contribution in [2.45, 2.75) is 31.6 Å². The van der Waals surface area contributed by atoms with Crippen LogP contribution in [0.25, 0.3) is 0 Å². The third kappa shape index (κ3) is 2.38. The molecule has 1 N–H and O–H groups in total. The van der Waals surface area contributed by atoms with Crippen LogP contribution in [0.1, 0.15) is 37.2 Å². The van der Waals surface area contributed by atoms with Gasteiger partial charge in [0.15, 0.2) is 0 Å². The Hall–Kier alpha value is -1.31. The molecule has 2 heteroatoms. The monoisotopic (exact) mass is 203 g/mol. The molecule has 0 heterocycles. The zero-order chi connectivity index (χ0) is 10.7. The fourth-order valence-corrected chi connectivity index (χ4v) is 2.18. The van der Waals surface area contributed by atoms with Crippen LogP contribution in [0.15, 0.2) is 24.3 Å². The first-order valence-corrected chi connectivity index (χ1v) is 5.50. The standard InChI is InChI=1S/C13H17NO/c1-15-13-8-4-11(5-9-13)10-2-6-12(14)7-3-10/h4-5,8-10,14H,2-3,6-7H2,1H3. The molecule has 0 saturated heterocycles. The fourth-order valence-electron chi connectivity index (χ4n) is 2.18. The van der Waals surface area contributed by atoms with E-state index in [0.29, 0.717) is 5.92 Å². The maximum atomic E-state index is 7.59. The maximum Gasteiger partial charge on any atom is 0.118 e. The van der Waals surface area contributed by atoms with Crippen LogP contribution in [0.5, 0.6) is 5.75 Å². The van der Waals surface area contributed by atoms with Gasteiger partial charge in [0.2, 0.25) is 0 Å². The molecule has 1 saturated carbocycles. The summed E-state index contributed by atoms with van der Waals surface area (Å²) >= 11 is 0. The zero-order valence-corrected chi connectivity index (χ0v) is 9.12. The molecule has 2 nitrogen and oxygen atoms in total. The zero-order valence-electron chi connectivity index (χ0n) is 9.12. The van der Waals surface area contributed by atoms with Gasteiger partial charge in [0.1, 0.15) is 5.75 Å². The van der Waals surface area contributed by atoms with Crippen molar-refractivity contribution in [3.05, 3.63) is 29.8 Å². The lowest BCUT2D eigenvalue weighted by atomic mass is 9.83. The molecular formula is C13H17NO. The van der Waals surface area contributed by atoms with Crippen molar-refractivity contribution >= 4 is 5.71 Å². The van der Waals surface area contributed by atoms with E-state index in [2.05, 4.69) is 12.1 Å². The number of ether oxygens (including phenoxy) is 1.